The van der Waals surface area contributed by atoms with Gasteiger partial charge in [0.2, 0.25) is 0 Å². The predicted molar refractivity (Wildman–Crippen MR) is 88.6 cm³/mol. The summed E-state index contributed by atoms with van der Waals surface area (Å²) in [5.41, 5.74) is 1.61. The van der Waals surface area contributed by atoms with Crippen LogP contribution in [0.1, 0.15) is 11.7 Å². The Morgan fingerprint density at radius 1 is 1.00 bits per heavy atom. The van der Waals surface area contributed by atoms with Gasteiger partial charge < -0.3 is 10.0 Å². The molecule has 3 heterocycles. The van der Waals surface area contributed by atoms with Crippen LogP contribution in [0.4, 0.5) is 5.82 Å². The maximum Gasteiger partial charge on any atom is 0.200 e. The molecule has 124 valence electrons. The highest BCUT2D eigenvalue weighted by molar-refractivity contribution is 5.44. The lowest BCUT2D eigenvalue weighted by molar-refractivity contribution is 0.109. The van der Waals surface area contributed by atoms with E-state index in [1.807, 2.05) is 42.5 Å². The standard InChI is InChI=1S/C16H19N7O/c24-14(13-4-2-1-3-5-13)12-21-8-10-22(11-9-21)16-7-6-15-17-19-20-23(15)18-16/h1-7,14,24H,8-12H2/t14-/m1/s1. The van der Waals surface area contributed by atoms with Gasteiger partial charge in [-0.2, -0.15) is 0 Å². The highest BCUT2D eigenvalue weighted by Gasteiger charge is 2.21. The van der Waals surface area contributed by atoms with Gasteiger partial charge in [-0.1, -0.05) is 30.3 Å². The van der Waals surface area contributed by atoms with Crippen LogP contribution in [0.15, 0.2) is 42.5 Å². The molecule has 0 aliphatic carbocycles. The summed E-state index contributed by atoms with van der Waals surface area (Å²) in [5.74, 6) is 0.873. The molecular weight excluding hydrogens is 306 g/mol. The monoisotopic (exact) mass is 325 g/mol. The quantitative estimate of drug-likeness (QED) is 0.742. The van der Waals surface area contributed by atoms with Gasteiger partial charge in [0.25, 0.3) is 0 Å². The van der Waals surface area contributed by atoms with Crippen molar-refractivity contribution in [1.29, 1.82) is 0 Å². The number of hydrogen-bond acceptors (Lipinski definition) is 7. The van der Waals surface area contributed by atoms with Crippen molar-refractivity contribution in [2.45, 2.75) is 6.10 Å². The van der Waals surface area contributed by atoms with E-state index in [0.717, 1.165) is 37.6 Å². The Hall–Kier alpha value is -2.58. The second kappa shape index (κ2) is 6.50. The van der Waals surface area contributed by atoms with Crippen LogP contribution in [0.25, 0.3) is 5.65 Å². The van der Waals surface area contributed by atoms with Gasteiger partial charge in [0.15, 0.2) is 11.5 Å². The number of tetrazole rings is 1. The molecule has 2 aromatic heterocycles. The molecule has 1 atom stereocenters. The van der Waals surface area contributed by atoms with Crippen molar-refractivity contribution in [2.24, 2.45) is 0 Å². The molecule has 8 nitrogen and oxygen atoms in total. The Morgan fingerprint density at radius 2 is 1.79 bits per heavy atom. The van der Waals surface area contributed by atoms with Crippen LogP contribution in [-0.2, 0) is 0 Å². The lowest BCUT2D eigenvalue weighted by Gasteiger charge is -2.36. The van der Waals surface area contributed by atoms with Crippen molar-refractivity contribution in [2.75, 3.05) is 37.6 Å². The zero-order chi connectivity index (χ0) is 16.4. The first-order valence-corrected chi connectivity index (χ1v) is 8.05. The molecule has 4 rings (SSSR count). The number of rotatable bonds is 4. The molecule has 0 unspecified atom stereocenters. The molecular formula is C16H19N7O. The number of aliphatic hydroxyl groups excluding tert-OH is 1. The number of fused-ring (bicyclic) bond motifs is 1. The minimum absolute atomic E-state index is 0.451. The Labute approximate surface area is 139 Å². The van der Waals surface area contributed by atoms with Crippen LogP contribution in [-0.4, -0.2) is 68.0 Å². The molecule has 1 N–H and O–H groups in total. The lowest BCUT2D eigenvalue weighted by Crippen LogP contribution is -2.48. The van der Waals surface area contributed by atoms with Crippen molar-refractivity contribution < 1.29 is 5.11 Å². The SMILES string of the molecule is O[C@H](CN1CCN(c2ccc3nnnn3n2)CC1)c1ccccc1. The van der Waals surface area contributed by atoms with Crippen LogP contribution in [0.5, 0.6) is 0 Å². The van der Waals surface area contributed by atoms with Gasteiger partial charge in [-0.3, -0.25) is 4.90 Å². The van der Waals surface area contributed by atoms with E-state index < -0.39 is 6.10 Å². The predicted octanol–water partition coefficient (Wildman–Crippen LogP) is 0.375. The van der Waals surface area contributed by atoms with E-state index in [2.05, 4.69) is 30.4 Å². The van der Waals surface area contributed by atoms with E-state index in [9.17, 15) is 5.11 Å². The minimum atomic E-state index is -0.451. The first-order valence-electron chi connectivity index (χ1n) is 8.05. The van der Waals surface area contributed by atoms with E-state index in [-0.39, 0.29) is 0 Å². The third kappa shape index (κ3) is 3.06. The highest BCUT2D eigenvalue weighted by Crippen LogP contribution is 2.17. The molecule has 1 fully saturated rings. The topological polar surface area (TPSA) is 82.7 Å². The zero-order valence-corrected chi connectivity index (χ0v) is 13.2. The maximum atomic E-state index is 10.4. The summed E-state index contributed by atoms with van der Waals surface area (Å²) in [4.78, 5) is 4.50. The highest BCUT2D eigenvalue weighted by atomic mass is 16.3. The molecule has 0 spiro atoms. The number of aromatic nitrogens is 5. The van der Waals surface area contributed by atoms with Gasteiger partial charge >= 0.3 is 0 Å². The Balaban J connectivity index is 1.36. The zero-order valence-electron chi connectivity index (χ0n) is 13.2. The number of nitrogens with zero attached hydrogens (tertiary/aromatic N) is 7. The number of β-amino-alcohol motifs (C(OH)–C–C–N with tert-alkyl or cyclic N) is 1. The number of piperazine rings is 1. The maximum absolute atomic E-state index is 10.4. The number of anilines is 1. The Kier molecular flexibility index (Phi) is 4.06. The molecule has 1 saturated heterocycles. The fraction of sp³-hybridized carbons (Fsp3) is 0.375. The molecule has 0 saturated carbocycles. The first-order chi connectivity index (χ1) is 11.8. The smallest absolute Gasteiger partial charge is 0.200 e. The molecule has 1 aliphatic rings. The van der Waals surface area contributed by atoms with Crippen LogP contribution in [0.2, 0.25) is 0 Å². The van der Waals surface area contributed by atoms with Crippen LogP contribution >= 0.6 is 0 Å². The number of hydrogen-bond donors (Lipinski definition) is 1. The average molecular weight is 325 g/mol. The summed E-state index contributed by atoms with van der Waals surface area (Å²) in [7, 11) is 0. The van der Waals surface area contributed by atoms with E-state index in [1.54, 1.807) is 0 Å². The van der Waals surface area contributed by atoms with Crippen molar-refractivity contribution >= 4 is 11.5 Å². The van der Waals surface area contributed by atoms with Gasteiger partial charge in [-0.05, 0) is 28.1 Å². The van der Waals surface area contributed by atoms with Crippen LogP contribution < -0.4 is 4.90 Å². The number of aliphatic hydroxyl groups is 1. The first kappa shape index (κ1) is 15.0. The van der Waals surface area contributed by atoms with E-state index in [0.29, 0.717) is 12.2 Å². The van der Waals surface area contributed by atoms with Crippen molar-refractivity contribution in [3.63, 3.8) is 0 Å². The van der Waals surface area contributed by atoms with Crippen molar-refractivity contribution in [1.82, 2.24) is 30.2 Å². The summed E-state index contributed by atoms with van der Waals surface area (Å²) >= 11 is 0. The van der Waals surface area contributed by atoms with Gasteiger partial charge in [0.05, 0.1) is 6.10 Å². The minimum Gasteiger partial charge on any atom is -0.387 e. The van der Waals surface area contributed by atoms with E-state index >= 15 is 0 Å². The third-order valence-corrected chi connectivity index (χ3v) is 4.37. The summed E-state index contributed by atoms with van der Waals surface area (Å²) in [6.45, 7) is 4.15. The Morgan fingerprint density at radius 3 is 2.58 bits per heavy atom. The summed E-state index contributed by atoms with van der Waals surface area (Å²) < 4.78 is 1.45. The molecule has 8 heteroatoms. The summed E-state index contributed by atoms with van der Waals surface area (Å²) in [6, 6.07) is 13.6. The normalized spacial score (nSPS) is 17.3. The van der Waals surface area contributed by atoms with Gasteiger partial charge in [-0.25, -0.2) is 0 Å². The van der Waals surface area contributed by atoms with Gasteiger partial charge in [0, 0.05) is 32.7 Å². The van der Waals surface area contributed by atoms with E-state index in [1.165, 1.54) is 4.63 Å². The Bertz CT molecular complexity index is 798. The average Bonchev–Trinajstić information content (AvgIpc) is 3.11. The summed E-state index contributed by atoms with van der Waals surface area (Å²) in [5, 5.41) is 26.1. The second-order valence-corrected chi connectivity index (χ2v) is 5.93. The lowest BCUT2D eigenvalue weighted by atomic mass is 10.1. The molecule has 1 aliphatic heterocycles. The second-order valence-electron chi connectivity index (χ2n) is 5.93. The van der Waals surface area contributed by atoms with Crippen molar-refractivity contribution in [3.8, 4) is 0 Å². The van der Waals surface area contributed by atoms with Gasteiger partial charge in [0.1, 0.15) is 0 Å². The summed E-state index contributed by atoms with van der Waals surface area (Å²) in [6.07, 6.45) is -0.451. The number of benzene rings is 1. The molecule has 0 radical (unpaired) electrons. The third-order valence-electron chi connectivity index (χ3n) is 4.37. The fourth-order valence-electron chi connectivity index (χ4n) is 2.99. The van der Waals surface area contributed by atoms with Crippen molar-refractivity contribution in [3.05, 3.63) is 48.0 Å². The largest absolute Gasteiger partial charge is 0.387 e. The van der Waals surface area contributed by atoms with E-state index in [4.69, 9.17) is 0 Å². The van der Waals surface area contributed by atoms with Crippen LogP contribution in [0.3, 0.4) is 0 Å². The molecule has 1 aromatic carbocycles. The molecule has 0 amide bonds. The molecule has 24 heavy (non-hydrogen) atoms. The fourth-order valence-corrected chi connectivity index (χ4v) is 2.99. The molecule has 0 bridgehead atoms. The van der Waals surface area contributed by atoms with Crippen LogP contribution in [0, 0.1) is 0 Å². The van der Waals surface area contributed by atoms with Gasteiger partial charge in [-0.15, -0.1) is 14.8 Å². The molecule has 3 aromatic rings.